The summed E-state index contributed by atoms with van der Waals surface area (Å²) in [4.78, 5) is -0.429. The standard InChI is InChI=1S/C15H13BrF3NO2S/c1-10-4-2-3-5-11(10)9-20-23(21,22)12-6-7-14(16)13(8-12)15(17,18)19/h2-8,20H,9H2,1H3. The quantitative estimate of drug-likeness (QED) is 0.822. The van der Waals surface area contributed by atoms with E-state index in [4.69, 9.17) is 0 Å². The van der Waals surface area contributed by atoms with E-state index in [0.717, 1.165) is 23.3 Å². The molecule has 0 heterocycles. The van der Waals surface area contributed by atoms with E-state index in [2.05, 4.69) is 20.7 Å². The zero-order valence-corrected chi connectivity index (χ0v) is 14.4. The Hall–Kier alpha value is -1.38. The van der Waals surface area contributed by atoms with Gasteiger partial charge in [0.25, 0.3) is 0 Å². The van der Waals surface area contributed by atoms with Crippen LogP contribution in [0, 0.1) is 6.92 Å². The molecule has 2 rings (SSSR count). The Morgan fingerprint density at radius 2 is 1.78 bits per heavy atom. The monoisotopic (exact) mass is 407 g/mol. The molecule has 1 N–H and O–H groups in total. The van der Waals surface area contributed by atoms with Crippen molar-refractivity contribution >= 4 is 26.0 Å². The predicted molar refractivity (Wildman–Crippen MR) is 84.3 cm³/mol. The van der Waals surface area contributed by atoms with Crippen LogP contribution in [0.1, 0.15) is 16.7 Å². The molecule has 0 saturated heterocycles. The van der Waals surface area contributed by atoms with E-state index in [1.54, 1.807) is 12.1 Å². The molecule has 0 aliphatic carbocycles. The average Bonchev–Trinajstić information content (AvgIpc) is 2.45. The maximum atomic E-state index is 12.9. The highest BCUT2D eigenvalue weighted by molar-refractivity contribution is 9.10. The number of hydrogen-bond acceptors (Lipinski definition) is 2. The van der Waals surface area contributed by atoms with Gasteiger partial charge in [-0.1, -0.05) is 40.2 Å². The van der Waals surface area contributed by atoms with Crippen LogP contribution in [0.15, 0.2) is 51.8 Å². The summed E-state index contributed by atoms with van der Waals surface area (Å²) in [6, 6.07) is 9.97. The molecule has 0 aliphatic rings. The third kappa shape index (κ3) is 4.33. The molecule has 0 atom stereocenters. The topological polar surface area (TPSA) is 46.2 Å². The minimum Gasteiger partial charge on any atom is -0.207 e. The van der Waals surface area contributed by atoms with Gasteiger partial charge in [-0.05, 0) is 36.2 Å². The highest BCUT2D eigenvalue weighted by atomic mass is 79.9. The molecule has 0 amide bonds. The zero-order valence-electron chi connectivity index (χ0n) is 12.0. The van der Waals surface area contributed by atoms with Crippen LogP contribution in [0.4, 0.5) is 13.2 Å². The first-order chi connectivity index (χ1) is 10.6. The Balaban J connectivity index is 2.28. The molecule has 3 nitrogen and oxygen atoms in total. The smallest absolute Gasteiger partial charge is 0.207 e. The Morgan fingerprint density at radius 3 is 2.39 bits per heavy atom. The SMILES string of the molecule is Cc1ccccc1CNS(=O)(=O)c1ccc(Br)c(C(F)(F)F)c1. The molecule has 0 bridgehead atoms. The van der Waals surface area contributed by atoms with Crippen LogP contribution < -0.4 is 4.72 Å². The first kappa shape index (κ1) is 18.0. The van der Waals surface area contributed by atoms with Gasteiger partial charge in [0.2, 0.25) is 10.0 Å². The molecule has 0 fully saturated rings. The molecular weight excluding hydrogens is 395 g/mol. The summed E-state index contributed by atoms with van der Waals surface area (Å²) in [6.45, 7) is 1.83. The summed E-state index contributed by atoms with van der Waals surface area (Å²) in [5.74, 6) is 0. The number of sulfonamides is 1. The van der Waals surface area contributed by atoms with E-state index >= 15 is 0 Å². The molecule has 2 aromatic carbocycles. The number of alkyl halides is 3. The number of rotatable bonds is 4. The second-order valence-corrected chi connectivity index (χ2v) is 7.51. The van der Waals surface area contributed by atoms with Gasteiger partial charge in [-0.3, -0.25) is 0 Å². The minimum absolute atomic E-state index is 0.00637. The highest BCUT2D eigenvalue weighted by Gasteiger charge is 2.34. The van der Waals surface area contributed by atoms with E-state index in [1.807, 2.05) is 19.1 Å². The second-order valence-electron chi connectivity index (χ2n) is 4.89. The maximum Gasteiger partial charge on any atom is 0.417 e. The van der Waals surface area contributed by atoms with E-state index in [1.165, 1.54) is 0 Å². The van der Waals surface area contributed by atoms with Crippen molar-refractivity contribution in [2.24, 2.45) is 0 Å². The molecule has 0 aliphatic heterocycles. The lowest BCUT2D eigenvalue weighted by Gasteiger charge is -2.12. The number of benzene rings is 2. The fourth-order valence-corrected chi connectivity index (χ4v) is 3.46. The summed E-state index contributed by atoms with van der Waals surface area (Å²) in [5.41, 5.74) is 0.613. The van der Waals surface area contributed by atoms with E-state index in [9.17, 15) is 21.6 Å². The average molecular weight is 408 g/mol. The van der Waals surface area contributed by atoms with Crippen molar-refractivity contribution in [3.8, 4) is 0 Å². The maximum absolute atomic E-state index is 12.9. The van der Waals surface area contributed by atoms with Crippen LogP contribution in [0.2, 0.25) is 0 Å². The Morgan fingerprint density at radius 1 is 1.13 bits per heavy atom. The number of halogens is 4. The molecule has 124 valence electrons. The fraction of sp³-hybridized carbons (Fsp3) is 0.200. The van der Waals surface area contributed by atoms with Gasteiger partial charge < -0.3 is 0 Å². The van der Waals surface area contributed by atoms with E-state index in [0.29, 0.717) is 6.07 Å². The van der Waals surface area contributed by atoms with Crippen molar-refractivity contribution in [3.05, 3.63) is 63.6 Å². The molecule has 2 aromatic rings. The molecule has 0 spiro atoms. The number of hydrogen-bond donors (Lipinski definition) is 1. The second kappa shape index (κ2) is 6.62. The summed E-state index contributed by atoms with van der Waals surface area (Å²) >= 11 is 2.78. The van der Waals surface area contributed by atoms with Crippen molar-refractivity contribution < 1.29 is 21.6 Å². The fourth-order valence-electron chi connectivity index (χ4n) is 1.95. The van der Waals surface area contributed by atoms with Gasteiger partial charge in [0.1, 0.15) is 0 Å². The third-order valence-electron chi connectivity index (χ3n) is 3.27. The van der Waals surface area contributed by atoms with Crippen molar-refractivity contribution in [3.63, 3.8) is 0 Å². The van der Waals surface area contributed by atoms with Gasteiger partial charge in [-0.2, -0.15) is 13.2 Å². The molecule has 8 heteroatoms. The summed E-state index contributed by atoms with van der Waals surface area (Å²) < 4.78 is 65.2. The van der Waals surface area contributed by atoms with Crippen LogP contribution in [-0.4, -0.2) is 8.42 Å². The van der Waals surface area contributed by atoms with Gasteiger partial charge in [-0.25, -0.2) is 13.1 Å². The summed E-state index contributed by atoms with van der Waals surface area (Å²) in [6.07, 6.45) is -4.64. The van der Waals surface area contributed by atoms with Crippen LogP contribution in [-0.2, 0) is 22.7 Å². The molecule has 0 radical (unpaired) electrons. The van der Waals surface area contributed by atoms with Crippen LogP contribution >= 0.6 is 15.9 Å². The van der Waals surface area contributed by atoms with Crippen molar-refractivity contribution in [2.75, 3.05) is 0 Å². The zero-order chi connectivity index (χ0) is 17.3. The first-order valence-electron chi connectivity index (χ1n) is 6.52. The van der Waals surface area contributed by atoms with Gasteiger partial charge in [-0.15, -0.1) is 0 Å². The summed E-state index contributed by atoms with van der Waals surface area (Å²) in [5, 5.41) is 0. The van der Waals surface area contributed by atoms with Gasteiger partial charge in [0.15, 0.2) is 0 Å². The third-order valence-corrected chi connectivity index (χ3v) is 5.36. The molecule has 0 aromatic heterocycles. The lowest BCUT2D eigenvalue weighted by molar-refractivity contribution is -0.138. The Labute approximate surface area is 140 Å². The largest absolute Gasteiger partial charge is 0.417 e. The van der Waals surface area contributed by atoms with Gasteiger partial charge in [0, 0.05) is 11.0 Å². The van der Waals surface area contributed by atoms with Gasteiger partial charge >= 0.3 is 6.18 Å². The number of nitrogens with one attached hydrogen (secondary N) is 1. The van der Waals surface area contributed by atoms with Crippen LogP contribution in [0.25, 0.3) is 0 Å². The minimum atomic E-state index is -4.64. The first-order valence-corrected chi connectivity index (χ1v) is 8.80. The molecule has 23 heavy (non-hydrogen) atoms. The molecule has 0 unspecified atom stereocenters. The van der Waals surface area contributed by atoms with E-state index in [-0.39, 0.29) is 11.0 Å². The van der Waals surface area contributed by atoms with Crippen molar-refractivity contribution in [1.82, 2.24) is 4.72 Å². The molecule has 0 saturated carbocycles. The highest BCUT2D eigenvalue weighted by Crippen LogP contribution is 2.36. The lowest BCUT2D eigenvalue weighted by Crippen LogP contribution is -2.24. The van der Waals surface area contributed by atoms with Crippen LogP contribution in [0.5, 0.6) is 0 Å². The molecular formula is C15H13BrF3NO2S. The summed E-state index contributed by atoms with van der Waals surface area (Å²) in [7, 11) is -4.05. The van der Waals surface area contributed by atoms with Crippen molar-refractivity contribution in [2.45, 2.75) is 24.5 Å². The predicted octanol–water partition coefficient (Wildman–Crippen LogP) is 4.25. The lowest BCUT2D eigenvalue weighted by atomic mass is 10.1. The number of aryl methyl sites for hydroxylation is 1. The van der Waals surface area contributed by atoms with Crippen LogP contribution in [0.3, 0.4) is 0 Å². The van der Waals surface area contributed by atoms with E-state index < -0.39 is 26.7 Å². The Bertz CT molecular complexity index is 820. The Kier molecular flexibility index (Phi) is 5.17. The normalized spacial score (nSPS) is 12.4. The van der Waals surface area contributed by atoms with Gasteiger partial charge in [0.05, 0.1) is 10.5 Å². The van der Waals surface area contributed by atoms with Crippen molar-refractivity contribution in [1.29, 1.82) is 0 Å².